The van der Waals surface area contributed by atoms with Gasteiger partial charge in [0.2, 0.25) is 0 Å². The maximum Gasteiger partial charge on any atom is 0.339 e. The van der Waals surface area contributed by atoms with Crippen molar-refractivity contribution in [2.45, 2.75) is 13.3 Å². The zero-order chi connectivity index (χ0) is 19.2. The van der Waals surface area contributed by atoms with Crippen LogP contribution in [0.3, 0.4) is 0 Å². The van der Waals surface area contributed by atoms with Gasteiger partial charge in [-0.1, -0.05) is 29.8 Å². The first-order valence-electron chi connectivity index (χ1n) is 8.52. The molecule has 0 unspecified atom stereocenters. The molecule has 0 aliphatic heterocycles. The lowest BCUT2D eigenvalue weighted by Crippen LogP contribution is -2.06. The fraction of sp³-hybridized carbons (Fsp3) is 0.190. The Bertz CT molecular complexity index is 960. The van der Waals surface area contributed by atoms with Gasteiger partial charge < -0.3 is 9.47 Å². The zero-order valence-electron chi connectivity index (χ0n) is 15.1. The molecule has 0 spiro atoms. The van der Waals surface area contributed by atoms with Crippen molar-refractivity contribution in [1.82, 2.24) is 9.97 Å². The van der Waals surface area contributed by atoms with Gasteiger partial charge in [0.15, 0.2) is 0 Å². The average molecular weight is 383 g/mol. The smallest absolute Gasteiger partial charge is 0.339 e. The predicted octanol–water partition coefficient (Wildman–Crippen LogP) is 4.57. The van der Waals surface area contributed by atoms with Crippen LogP contribution in [0.25, 0.3) is 11.3 Å². The molecule has 1 aromatic heterocycles. The number of carbonyl (C=O) groups is 1. The summed E-state index contributed by atoms with van der Waals surface area (Å²) in [5.74, 6) is 0.319. The number of hydrogen-bond acceptors (Lipinski definition) is 5. The third-order valence-corrected chi connectivity index (χ3v) is 4.35. The highest BCUT2D eigenvalue weighted by Crippen LogP contribution is 2.28. The maximum atomic E-state index is 12.0. The van der Waals surface area contributed by atoms with Crippen LogP contribution in [0.15, 0.2) is 54.9 Å². The summed E-state index contributed by atoms with van der Waals surface area (Å²) in [6.45, 7) is 2.06. The quantitative estimate of drug-likeness (QED) is 0.584. The molecule has 1 heterocycles. The molecule has 6 heteroatoms. The van der Waals surface area contributed by atoms with Crippen LogP contribution in [-0.4, -0.2) is 29.7 Å². The SMILES string of the molecule is CCOC(=O)c1cc(Cc2cc(-c3ccccc3OC)ncn2)ccc1Cl. The van der Waals surface area contributed by atoms with Crippen LogP contribution in [-0.2, 0) is 11.2 Å². The summed E-state index contributed by atoms with van der Waals surface area (Å²) in [6, 6.07) is 14.9. The van der Waals surface area contributed by atoms with Gasteiger partial charge in [-0.05, 0) is 42.8 Å². The van der Waals surface area contributed by atoms with E-state index in [-0.39, 0.29) is 0 Å². The van der Waals surface area contributed by atoms with E-state index in [0.29, 0.717) is 23.6 Å². The number of halogens is 1. The Hall–Kier alpha value is -2.92. The summed E-state index contributed by atoms with van der Waals surface area (Å²) < 4.78 is 10.5. The van der Waals surface area contributed by atoms with Crippen LogP contribution in [0.5, 0.6) is 5.75 Å². The molecule has 0 amide bonds. The lowest BCUT2D eigenvalue weighted by atomic mass is 10.0. The van der Waals surface area contributed by atoms with E-state index in [1.54, 1.807) is 26.2 Å². The normalized spacial score (nSPS) is 10.5. The topological polar surface area (TPSA) is 61.3 Å². The molecular weight excluding hydrogens is 364 g/mol. The van der Waals surface area contributed by atoms with Gasteiger partial charge >= 0.3 is 5.97 Å². The van der Waals surface area contributed by atoms with Gasteiger partial charge in [-0.3, -0.25) is 0 Å². The third kappa shape index (κ3) is 4.44. The van der Waals surface area contributed by atoms with Crippen LogP contribution in [0.4, 0.5) is 0 Å². The summed E-state index contributed by atoms with van der Waals surface area (Å²) in [5, 5.41) is 0.370. The minimum absolute atomic E-state index is 0.299. The van der Waals surface area contributed by atoms with Crippen LogP contribution >= 0.6 is 11.6 Å². The molecular formula is C21H19ClN2O3. The molecule has 0 radical (unpaired) electrons. The highest BCUT2D eigenvalue weighted by molar-refractivity contribution is 6.33. The molecule has 0 saturated carbocycles. The van der Waals surface area contributed by atoms with E-state index < -0.39 is 5.97 Å². The molecule has 138 valence electrons. The number of benzene rings is 2. The number of methoxy groups -OCH3 is 1. The van der Waals surface area contributed by atoms with Gasteiger partial charge in [0, 0.05) is 17.7 Å². The minimum Gasteiger partial charge on any atom is -0.496 e. The van der Waals surface area contributed by atoms with Gasteiger partial charge in [-0.15, -0.1) is 0 Å². The van der Waals surface area contributed by atoms with E-state index >= 15 is 0 Å². The molecule has 0 fully saturated rings. The number of rotatable bonds is 6. The fourth-order valence-electron chi connectivity index (χ4n) is 2.75. The first-order valence-corrected chi connectivity index (χ1v) is 8.90. The zero-order valence-corrected chi connectivity index (χ0v) is 15.9. The molecule has 3 aromatic rings. The summed E-state index contributed by atoms with van der Waals surface area (Å²) in [4.78, 5) is 20.7. The Labute approximate surface area is 163 Å². The molecule has 3 rings (SSSR count). The first kappa shape index (κ1) is 18.9. The van der Waals surface area contributed by atoms with Gasteiger partial charge in [0.25, 0.3) is 0 Å². The van der Waals surface area contributed by atoms with Gasteiger partial charge in [-0.2, -0.15) is 0 Å². The van der Waals surface area contributed by atoms with Crippen LogP contribution in [0, 0.1) is 0 Å². The van der Waals surface area contributed by atoms with Crippen molar-refractivity contribution in [3.8, 4) is 17.0 Å². The van der Waals surface area contributed by atoms with Crippen molar-refractivity contribution in [2.24, 2.45) is 0 Å². The fourth-order valence-corrected chi connectivity index (χ4v) is 2.95. The minimum atomic E-state index is -0.429. The molecule has 0 N–H and O–H groups in total. The predicted molar refractivity (Wildman–Crippen MR) is 104 cm³/mol. The van der Waals surface area contributed by atoms with Crippen molar-refractivity contribution in [3.05, 3.63) is 76.7 Å². The van der Waals surface area contributed by atoms with Crippen LogP contribution in [0.1, 0.15) is 28.5 Å². The average Bonchev–Trinajstić information content (AvgIpc) is 2.69. The van der Waals surface area contributed by atoms with Crippen LogP contribution in [0.2, 0.25) is 5.02 Å². The van der Waals surface area contributed by atoms with Crippen molar-refractivity contribution in [1.29, 1.82) is 0 Å². The standard InChI is InChI=1S/C21H19ClN2O3/c1-3-27-21(25)17-11-14(8-9-18(17)22)10-15-12-19(24-13-23-15)16-6-4-5-7-20(16)26-2/h4-9,11-13H,3,10H2,1-2H3. The Morgan fingerprint density at radius 2 is 1.93 bits per heavy atom. The lowest BCUT2D eigenvalue weighted by Gasteiger charge is -2.09. The Morgan fingerprint density at radius 3 is 2.70 bits per heavy atom. The van der Waals surface area contributed by atoms with Gasteiger partial charge in [-0.25, -0.2) is 14.8 Å². The number of carbonyl (C=O) groups excluding carboxylic acids is 1. The van der Waals surface area contributed by atoms with E-state index in [2.05, 4.69) is 9.97 Å². The summed E-state index contributed by atoms with van der Waals surface area (Å²) in [5.41, 5.74) is 3.76. The van der Waals surface area contributed by atoms with Gasteiger partial charge in [0.05, 0.1) is 30.0 Å². The highest BCUT2D eigenvalue weighted by atomic mass is 35.5. The first-order chi connectivity index (χ1) is 13.1. The number of ether oxygens (including phenoxy) is 2. The molecule has 0 atom stereocenters. The molecule has 0 aliphatic carbocycles. The Kier molecular flexibility index (Phi) is 6.04. The molecule has 0 bridgehead atoms. The second kappa shape index (κ2) is 8.64. The van der Waals surface area contributed by atoms with E-state index in [9.17, 15) is 4.79 Å². The molecule has 2 aromatic carbocycles. The lowest BCUT2D eigenvalue weighted by molar-refractivity contribution is 0.0526. The van der Waals surface area contributed by atoms with Crippen molar-refractivity contribution < 1.29 is 14.3 Å². The van der Waals surface area contributed by atoms with Crippen molar-refractivity contribution in [2.75, 3.05) is 13.7 Å². The monoisotopic (exact) mass is 382 g/mol. The van der Waals surface area contributed by atoms with E-state index in [0.717, 1.165) is 28.3 Å². The maximum absolute atomic E-state index is 12.0. The van der Waals surface area contributed by atoms with Gasteiger partial charge in [0.1, 0.15) is 12.1 Å². The molecule has 0 saturated heterocycles. The third-order valence-electron chi connectivity index (χ3n) is 4.02. The summed E-state index contributed by atoms with van der Waals surface area (Å²) >= 11 is 6.13. The number of para-hydroxylation sites is 1. The largest absolute Gasteiger partial charge is 0.496 e. The Balaban J connectivity index is 1.89. The van der Waals surface area contributed by atoms with E-state index in [1.807, 2.05) is 36.4 Å². The van der Waals surface area contributed by atoms with E-state index in [4.69, 9.17) is 21.1 Å². The second-order valence-corrected chi connectivity index (χ2v) is 6.21. The molecule has 5 nitrogen and oxygen atoms in total. The van der Waals surface area contributed by atoms with E-state index in [1.165, 1.54) is 6.33 Å². The number of hydrogen-bond donors (Lipinski definition) is 0. The summed E-state index contributed by atoms with van der Waals surface area (Å²) in [7, 11) is 1.63. The molecule has 0 aliphatic rings. The number of aromatic nitrogens is 2. The summed E-state index contributed by atoms with van der Waals surface area (Å²) in [6.07, 6.45) is 2.06. The van der Waals surface area contributed by atoms with Crippen molar-refractivity contribution >= 4 is 17.6 Å². The molecule has 27 heavy (non-hydrogen) atoms. The highest BCUT2D eigenvalue weighted by Gasteiger charge is 2.13. The second-order valence-electron chi connectivity index (χ2n) is 5.81. The van der Waals surface area contributed by atoms with Crippen LogP contribution < -0.4 is 4.74 Å². The number of nitrogens with zero attached hydrogens (tertiary/aromatic N) is 2. The number of esters is 1. The Morgan fingerprint density at radius 1 is 1.11 bits per heavy atom. The van der Waals surface area contributed by atoms with Crippen molar-refractivity contribution in [3.63, 3.8) is 0 Å².